The van der Waals surface area contributed by atoms with Gasteiger partial charge in [-0.05, 0) is 28.2 Å². The van der Waals surface area contributed by atoms with Gasteiger partial charge in [0.15, 0.2) is 0 Å². The first-order valence-corrected chi connectivity index (χ1v) is 5.84. The SMILES string of the molecule is O=[N+]([O-])c1nnnn1-c1ccc(-c2ccccc2)cc1. The van der Waals surface area contributed by atoms with Crippen LogP contribution in [-0.2, 0) is 0 Å². The molecular weight excluding hydrogens is 258 g/mol. The van der Waals surface area contributed by atoms with Crippen molar-refractivity contribution in [2.24, 2.45) is 0 Å². The fourth-order valence-corrected chi connectivity index (χ4v) is 1.89. The number of hydrogen-bond acceptors (Lipinski definition) is 5. The van der Waals surface area contributed by atoms with Crippen molar-refractivity contribution in [3.8, 4) is 16.8 Å². The van der Waals surface area contributed by atoms with E-state index >= 15 is 0 Å². The largest absolute Gasteiger partial charge is 0.484 e. The molecule has 7 nitrogen and oxygen atoms in total. The summed E-state index contributed by atoms with van der Waals surface area (Å²) >= 11 is 0. The van der Waals surface area contributed by atoms with E-state index in [1.54, 1.807) is 12.1 Å². The highest BCUT2D eigenvalue weighted by atomic mass is 16.6. The zero-order valence-corrected chi connectivity index (χ0v) is 10.2. The lowest BCUT2D eigenvalue weighted by atomic mass is 10.1. The Labute approximate surface area is 113 Å². The average molecular weight is 267 g/mol. The van der Waals surface area contributed by atoms with Crippen LogP contribution < -0.4 is 0 Å². The summed E-state index contributed by atoms with van der Waals surface area (Å²) in [5.41, 5.74) is 2.64. The summed E-state index contributed by atoms with van der Waals surface area (Å²) in [7, 11) is 0. The molecule has 1 heterocycles. The van der Waals surface area contributed by atoms with E-state index in [0.29, 0.717) is 5.69 Å². The summed E-state index contributed by atoms with van der Waals surface area (Å²) < 4.78 is 1.09. The lowest BCUT2D eigenvalue weighted by molar-refractivity contribution is -0.396. The molecule has 0 amide bonds. The molecule has 0 unspecified atom stereocenters. The summed E-state index contributed by atoms with van der Waals surface area (Å²) in [6, 6.07) is 17.1. The Hall–Kier alpha value is -3.09. The Balaban J connectivity index is 1.98. The number of nitrogens with zero attached hydrogens (tertiary/aromatic N) is 5. The van der Waals surface area contributed by atoms with Crippen molar-refractivity contribution >= 4 is 5.95 Å². The minimum Gasteiger partial charge on any atom is -0.390 e. The van der Waals surface area contributed by atoms with Crippen molar-refractivity contribution < 1.29 is 4.92 Å². The van der Waals surface area contributed by atoms with Crippen LogP contribution in [0.5, 0.6) is 0 Å². The number of benzene rings is 2. The van der Waals surface area contributed by atoms with E-state index in [-0.39, 0.29) is 0 Å². The molecule has 3 aromatic rings. The van der Waals surface area contributed by atoms with Crippen molar-refractivity contribution in [3.05, 3.63) is 64.7 Å². The van der Waals surface area contributed by atoms with Crippen LogP contribution in [0, 0.1) is 10.1 Å². The van der Waals surface area contributed by atoms with Crippen LogP contribution in [0.4, 0.5) is 5.95 Å². The highest BCUT2D eigenvalue weighted by Gasteiger charge is 2.19. The lowest BCUT2D eigenvalue weighted by Gasteiger charge is -2.02. The van der Waals surface area contributed by atoms with Gasteiger partial charge in [0, 0.05) is 5.21 Å². The molecule has 0 aliphatic rings. The summed E-state index contributed by atoms with van der Waals surface area (Å²) in [4.78, 5) is 10.2. The maximum absolute atomic E-state index is 10.8. The minimum atomic E-state index is -0.620. The summed E-state index contributed by atoms with van der Waals surface area (Å²) in [6.07, 6.45) is 0. The van der Waals surface area contributed by atoms with E-state index in [2.05, 4.69) is 15.5 Å². The van der Waals surface area contributed by atoms with Gasteiger partial charge in [0.25, 0.3) is 0 Å². The Bertz CT molecular complexity index is 737. The molecule has 1 aromatic heterocycles. The monoisotopic (exact) mass is 267 g/mol. The molecule has 20 heavy (non-hydrogen) atoms. The molecule has 2 aromatic carbocycles. The van der Waals surface area contributed by atoms with Crippen molar-refractivity contribution in [3.63, 3.8) is 0 Å². The van der Waals surface area contributed by atoms with E-state index in [0.717, 1.165) is 15.8 Å². The Morgan fingerprint density at radius 1 is 0.950 bits per heavy atom. The molecule has 0 bridgehead atoms. The van der Waals surface area contributed by atoms with E-state index in [9.17, 15) is 10.1 Å². The molecule has 0 aliphatic carbocycles. The second kappa shape index (κ2) is 4.88. The number of tetrazole rings is 1. The van der Waals surface area contributed by atoms with Crippen LogP contribution in [0.15, 0.2) is 54.6 Å². The van der Waals surface area contributed by atoms with Crippen LogP contribution in [0.25, 0.3) is 16.8 Å². The van der Waals surface area contributed by atoms with E-state index in [1.807, 2.05) is 42.5 Å². The van der Waals surface area contributed by atoms with Gasteiger partial charge in [0.1, 0.15) is 5.69 Å². The van der Waals surface area contributed by atoms with Crippen molar-refractivity contribution in [2.45, 2.75) is 0 Å². The standard InChI is InChI=1S/C13H9N5O2/c19-18(20)13-14-15-16-17(13)12-8-6-11(7-9-12)10-4-2-1-3-5-10/h1-9H. The van der Waals surface area contributed by atoms with Crippen molar-refractivity contribution in [1.82, 2.24) is 20.2 Å². The van der Waals surface area contributed by atoms with Crippen LogP contribution in [0.1, 0.15) is 0 Å². The van der Waals surface area contributed by atoms with Crippen LogP contribution in [0.3, 0.4) is 0 Å². The number of aromatic nitrogens is 4. The molecule has 98 valence electrons. The van der Waals surface area contributed by atoms with E-state index in [4.69, 9.17) is 0 Å². The van der Waals surface area contributed by atoms with Crippen molar-refractivity contribution in [1.29, 1.82) is 0 Å². The van der Waals surface area contributed by atoms with Gasteiger partial charge < -0.3 is 10.1 Å². The van der Waals surface area contributed by atoms with Gasteiger partial charge in [0.2, 0.25) is 0 Å². The zero-order chi connectivity index (χ0) is 13.9. The smallest absolute Gasteiger partial charge is 0.390 e. The first-order chi connectivity index (χ1) is 9.75. The molecule has 0 N–H and O–H groups in total. The minimum absolute atomic E-state index is 0.405. The number of hydrogen-bond donors (Lipinski definition) is 0. The quantitative estimate of drug-likeness (QED) is 0.536. The predicted molar refractivity (Wildman–Crippen MR) is 71.2 cm³/mol. The molecule has 7 heteroatoms. The van der Waals surface area contributed by atoms with Crippen LogP contribution >= 0.6 is 0 Å². The van der Waals surface area contributed by atoms with Gasteiger partial charge >= 0.3 is 5.95 Å². The van der Waals surface area contributed by atoms with Gasteiger partial charge in [0.05, 0.1) is 10.3 Å². The zero-order valence-electron chi connectivity index (χ0n) is 10.2. The van der Waals surface area contributed by atoms with Crippen LogP contribution in [-0.4, -0.2) is 25.1 Å². The maximum Gasteiger partial charge on any atom is 0.484 e. The molecule has 0 atom stereocenters. The summed E-state index contributed by atoms with van der Waals surface area (Å²) in [6.45, 7) is 0. The Morgan fingerprint density at radius 2 is 1.60 bits per heavy atom. The average Bonchev–Trinajstić information content (AvgIpc) is 2.98. The normalized spacial score (nSPS) is 10.4. The molecule has 0 aliphatic heterocycles. The summed E-state index contributed by atoms with van der Waals surface area (Å²) in [5, 5.41) is 21.1. The Morgan fingerprint density at radius 3 is 2.25 bits per heavy atom. The summed E-state index contributed by atoms with van der Waals surface area (Å²) in [5.74, 6) is -0.405. The fraction of sp³-hybridized carbons (Fsp3) is 0. The second-order valence-electron chi connectivity index (χ2n) is 4.06. The highest BCUT2D eigenvalue weighted by Crippen LogP contribution is 2.21. The number of rotatable bonds is 3. The van der Waals surface area contributed by atoms with E-state index in [1.165, 1.54) is 0 Å². The third-order valence-electron chi connectivity index (χ3n) is 2.84. The van der Waals surface area contributed by atoms with Crippen LogP contribution in [0.2, 0.25) is 0 Å². The molecule has 3 rings (SSSR count). The van der Waals surface area contributed by atoms with Gasteiger partial charge in [-0.15, -0.1) is 0 Å². The fourth-order valence-electron chi connectivity index (χ4n) is 1.89. The second-order valence-corrected chi connectivity index (χ2v) is 4.06. The maximum atomic E-state index is 10.8. The molecule has 0 spiro atoms. The third kappa shape index (κ3) is 2.12. The van der Waals surface area contributed by atoms with Gasteiger partial charge in [-0.1, -0.05) is 47.1 Å². The molecule has 0 radical (unpaired) electrons. The Kier molecular flexibility index (Phi) is 2.92. The van der Waals surface area contributed by atoms with Gasteiger partial charge in [-0.3, -0.25) is 0 Å². The third-order valence-corrected chi connectivity index (χ3v) is 2.84. The van der Waals surface area contributed by atoms with Gasteiger partial charge in [-0.25, -0.2) is 0 Å². The highest BCUT2D eigenvalue weighted by molar-refractivity contribution is 5.64. The predicted octanol–water partition coefficient (Wildman–Crippen LogP) is 2.24. The lowest BCUT2D eigenvalue weighted by Crippen LogP contribution is -2.02. The first kappa shape index (κ1) is 12.0. The number of nitro groups is 1. The molecule has 0 saturated carbocycles. The topological polar surface area (TPSA) is 86.7 Å². The first-order valence-electron chi connectivity index (χ1n) is 5.84. The molecular formula is C13H9N5O2. The molecule has 0 fully saturated rings. The van der Waals surface area contributed by atoms with E-state index < -0.39 is 10.9 Å². The molecule has 0 saturated heterocycles. The van der Waals surface area contributed by atoms with Gasteiger partial charge in [-0.2, -0.15) is 0 Å². The van der Waals surface area contributed by atoms with Crippen molar-refractivity contribution in [2.75, 3.05) is 0 Å².